The van der Waals surface area contributed by atoms with Crippen LogP contribution < -0.4 is 5.32 Å². The molecule has 2 N–H and O–H groups in total. The molecule has 1 aromatic carbocycles. The van der Waals surface area contributed by atoms with Gasteiger partial charge in [0.05, 0.1) is 0 Å². The van der Waals surface area contributed by atoms with Gasteiger partial charge in [0.2, 0.25) is 0 Å². The molecule has 0 radical (unpaired) electrons. The van der Waals surface area contributed by atoms with Crippen LogP contribution in [0.15, 0.2) is 24.3 Å². The zero-order chi connectivity index (χ0) is 14.1. The van der Waals surface area contributed by atoms with Crippen molar-refractivity contribution < 1.29 is 9.90 Å². The smallest absolute Gasteiger partial charge is 0.320 e. The van der Waals surface area contributed by atoms with E-state index in [4.69, 9.17) is 5.11 Å². The Morgan fingerprint density at radius 3 is 2.79 bits per heavy atom. The topological polar surface area (TPSA) is 49.3 Å². The van der Waals surface area contributed by atoms with Crippen LogP contribution in [0, 0.1) is 6.92 Å². The van der Waals surface area contributed by atoms with Crippen LogP contribution in [0.1, 0.15) is 30.9 Å². The Labute approximate surface area is 119 Å². The summed E-state index contributed by atoms with van der Waals surface area (Å²) in [6.45, 7) is 4.91. The van der Waals surface area contributed by atoms with Gasteiger partial charge in [-0.25, -0.2) is 0 Å². The predicted octanol–water partition coefficient (Wildman–Crippen LogP) is 3.07. The average molecular weight is 281 g/mol. The lowest BCUT2D eigenvalue weighted by atomic mass is 10.1. The fraction of sp³-hybridized carbons (Fsp3) is 0.533. The third-order valence-corrected chi connectivity index (χ3v) is 4.05. The van der Waals surface area contributed by atoms with Crippen molar-refractivity contribution in [2.75, 3.05) is 12.3 Å². The maximum atomic E-state index is 11.1. The largest absolute Gasteiger partial charge is 0.480 e. The van der Waals surface area contributed by atoms with Crippen LogP contribution in [0.5, 0.6) is 0 Å². The third kappa shape index (κ3) is 6.12. The summed E-state index contributed by atoms with van der Waals surface area (Å²) in [4.78, 5) is 11.1. The van der Waals surface area contributed by atoms with Gasteiger partial charge in [-0.15, -0.1) is 0 Å². The summed E-state index contributed by atoms with van der Waals surface area (Å²) >= 11 is 1.80. The monoisotopic (exact) mass is 281 g/mol. The molecule has 1 atom stereocenters. The fourth-order valence-electron chi connectivity index (χ4n) is 1.79. The highest BCUT2D eigenvalue weighted by atomic mass is 32.2. The zero-order valence-electron chi connectivity index (χ0n) is 11.7. The van der Waals surface area contributed by atoms with Crippen molar-refractivity contribution in [2.45, 2.75) is 38.5 Å². The molecule has 0 saturated carbocycles. The van der Waals surface area contributed by atoms with Gasteiger partial charge in [0.15, 0.2) is 0 Å². The Morgan fingerprint density at radius 2 is 2.16 bits per heavy atom. The van der Waals surface area contributed by atoms with E-state index in [0.717, 1.165) is 24.5 Å². The molecule has 0 saturated heterocycles. The third-order valence-electron chi connectivity index (χ3n) is 3.01. The molecule has 1 unspecified atom stereocenters. The van der Waals surface area contributed by atoms with Crippen molar-refractivity contribution in [1.82, 2.24) is 5.32 Å². The molecule has 1 aromatic rings. The second kappa shape index (κ2) is 8.99. The Bertz CT molecular complexity index is 395. The van der Waals surface area contributed by atoms with Crippen molar-refractivity contribution in [1.29, 1.82) is 0 Å². The van der Waals surface area contributed by atoms with Crippen molar-refractivity contribution >= 4 is 17.7 Å². The van der Waals surface area contributed by atoms with Crippen LogP contribution in [0.3, 0.4) is 0 Å². The van der Waals surface area contributed by atoms with E-state index in [2.05, 4.69) is 24.4 Å². The van der Waals surface area contributed by atoms with Gasteiger partial charge in [-0.2, -0.15) is 11.8 Å². The van der Waals surface area contributed by atoms with Gasteiger partial charge < -0.3 is 10.4 Å². The normalized spacial score (nSPS) is 12.3. The molecule has 19 heavy (non-hydrogen) atoms. The van der Waals surface area contributed by atoms with Crippen molar-refractivity contribution in [3.63, 3.8) is 0 Å². The first kappa shape index (κ1) is 16.1. The number of nitrogens with one attached hydrogen (secondary N) is 1. The number of carboxylic acid groups (broad SMARTS) is 1. The van der Waals surface area contributed by atoms with Crippen LogP contribution in [-0.2, 0) is 10.5 Å². The lowest BCUT2D eigenvalue weighted by Gasteiger charge is -2.13. The van der Waals surface area contributed by atoms with E-state index in [9.17, 15) is 4.79 Å². The molecule has 0 aliphatic heterocycles. The molecule has 0 aliphatic rings. The number of benzene rings is 1. The van der Waals surface area contributed by atoms with E-state index in [0.29, 0.717) is 6.42 Å². The molecule has 0 heterocycles. The summed E-state index contributed by atoms with van der Waals surface area (Å²) < 4.78 is 0. The highest BCUT2D eigenvalue weighted by molar-refractivity contribution is 7.98. The second-order valence-corrected chi connectivity index (χ2v) is 5.72. The molecule has 106 valence electrons. The van der Waals surface area contributed by atoms with Crippen molar-refractivity contribution in [2.24, 2.45) is 0 Å². The molecule has 0 amide bonds. The summed E-state index contributed by atoms with van der Waals surface area (Å²) in [6.07, 6.45) is 1.63. The minimum absolute atomic E-state index is 0.413. The van der Waals surface area contributed by atoms with Crippen LogP contribution in [0.25, 0.3) is 0 Å². The number of hydrogen-bond acceptors (Lipinski definition) is 3. The van der Waals surface area contributed by atoms with Gasteiger partial charge in [-0.05, 0) is 43.2 Å². The molecule has 0 aliphatic carbocycles. The fourth-order valence-corrected chi connectivity index (χ4v) is 2.88. The summed E-state index contributed by atoms with van der Waals surface area (Å²) in [7, 11) is 0. The zero-order valence-corrected chi connectivity index (χ0v) is 12.5. The first-order valence-corrected chi connectivity index (χ1v) is 7.89. The molecule has 0 fully saturated rings. The van der Waals surface area contributed by atoms with Crippen LogP contribution in [0.4, 0.5) is 0 Å². The van der Waals surface area contributed by atoms with Gasteiger partial charge in [0.25, 0.3) is 0 Å². The maximum Gasteiger partial charge on any atom is 0.320 e. The number of carbonyl (C=O) groups is 1. The quantitative estimate of drug-likeness (QED) is 0.683. The lowest BCUT2D eigenvalue weighted by molar-refractivity contribution is -0.139. The van der Waals surface area contributed by atoms with E-state index in [1.807, 2.05) is 19.1 Å². The van der Waals surface area contributed by atoms with Gasteiger partial charge >= 0.3 is 5.97 Å². The predicted molar refractivity (Wildman–Crippen MR) is 81.7 cm³/mol. The minimum atomic E-state index is -0.745. The molecule has 3 nitrogen and oxygen atoms in total. The van der Waals surface area contributed by atoms with Crippen LogP contribution in [-0.4, -0.2) is 29.4 Å². The number of hydrogen-bond donors (Lipinski definition) is 2. The molecular weight excluding hydrogens is 258 g/mol. The van der Waals surface area contributed by atoms with Gasteiger partial charge in [-0.1, -0.05) is 31.2 Å². The first-order chi connectivity index (χ1) is 9.15. The maximum absolute atomic E-state index is 11.1. The Balaban J connectivity index is 2.29. The number of thioether (sulfide) groups is 1. The Kier molecular flexibility index (Phi) is 7.60. The Hall–Kier alpha value is -1.00. The number of aliphatic carboxylic acids is 1. The standard InChI is InChI=1S/C15H23NO2S/c1-3-9-16-14(15(17)18)8-10-19-11-13-7-5-4-6-12(13)2/h4-7,14,16H,3,8-11H2,1-2H3,(H,17,18). The SMILES string of the molecule is CCCNC(CCSCc1ccccc1C)C(=O)O. The summed E-state index contributed by atoms with van der Waals surface area (Å²) in [6, 6.07) is 7.92. The van der Waals surface area contributed by atoms with E-state index in [-0.39, 0.29) is 0 Å². The van der Waals surface area contributed by atoms with E-state index in [1.54, 1.807) is 11.8 Å². The highest BCUT2D eigenvalue weighted by Crippen LogP contribution is 2.17. The summed E-state index contributed by atoms with van der Waals surface area (Å²) in [5.74, 6) is 1.07. The molecule has 1 rings (SSSR count). The number of carboxylic acids is 1. The average Bonchev–Trinajstić information content (AvgIpc) is 2.39. The molecule has 4 heteroatoms. The van der Waals surface area contributed by atoms with E-state index >= 15 is 0 Å². The van der Waals surface area contributed by atoms with Crippen LogP contribution >= 0.6 is 11.8 Å². The summed E-state index contributed by atoms with van der Waals surface area (Å²) in [5, 5.41) is 12.2. The lowest BCUT2D eigenvalue weighted by Crippen LogP contribution is -2.37. The minimum Gasteiger partial charge on any atom is -0.480 e. The number of aryl methyl sites for hydroxylation is 1. The molecule has 0 aromatic heterocycles. The molecule has 0 spiro atoms. The Morgan fingerprint density at radius 1 is 1.42 bits per heavy atom. The van der Waals surface area contributed by atoms with Gasteiger partial charge in [0, 0.05) is 5.75 Å². The van der Waals surface area contributed by atoms with Crippen LogP contribution in [0.2, 0.25) is 0 Å². The number of rotatable bonds is 9. The van der Waals surface area contributed by atoms with E-state index < -0.39 is 12.0 Å². The summed E-state index contributed by atoms with van der Waals surface area (Å²) in [5.41, 5.74) is 2.63. The highest BCUT2D eigenvalue weighted by Gasteiger charge is 2.15. The second-order valence-electron chi connectivity index (χ2n) is 4.61. The van der Waals surface area contributed by atoms with E-state index in [1.165, 1.54) is 11.1 Å². The van der Waals surface area contributed by atoms with Gasteiger partial charge in [-0.3, -0.25) is 4.79 Å². The van der Waals surface area contributed by atoms with Crippen molar-refractivity contribution in [3.05, 3.63) is 35.4 Å². The van der Waals surface area contributed by atoms with Gasteiger partial charge in [0.1, 0.15) is 6.04 Å². The molecule has 0 bridgehead atoms. The first-order valence-electron chi connectivity index (χ1n) is 6.73. The molecular formula is C15H23NO2S. The van der Waals surface area contributed by atoms with Crippen molar-refractivity contribution in [3.8, 4) is 0 Å².